The van der Waals surface area contributed by atoms with E-state index in [1.165, 1.54) is 0 Å². The first-order valence-electron chi connectivity index (χ1n) is 7.84. The second-order valence-electron chi connectivity index (χ2n) is 5.49. The molecule has 0 unspecified atom stereocenters. The van der Waals surface area contributed by atoms with Crippen molar-refractivity contribution in [1.29, 1.82) is 0 Å². The van der Waals surface area contributed by atoms with Crippen molar-refractivity contribution >= 4 is 16.7 Å². The Morgan fingerprint density at radius 3 is 2.50 bits per heavy atom. The second kappa shape index (κ2) is 7.62. The predicted molar refractivity (Wildman–Crippen MR) is 93.9 cm³/mol. The summed E-state index contributed by atoms with van der Waals surface area (Å²) in [6, 6.07) is 22.8. The van der Waals surface area contributed by atoms with Crippen LogP contribution in [0.4, 0.5) is 0 Å². The monoisotopic (exact) mass is 321 g/mol. The Labute approximate surface area is 140 Å². The fourth-order valence-electron chi connectivity index (χ4n) is 2.58. The number of hydrogen-bond donors (Lipinski definition) is 2. The van der Waals surface area contributed by atoms with Crippen molar-refractivity contribution in [2.75, 3.05) is 13.2 Å². The summed E-state index contributed by atoms with van der Waals surface area (Å²) in [6.45, 7) is 0.0667. The van der Waals surface area contributed by atoms with Crippen LogP contribution in [-0.4, -0.2) is 24.2 Å². The molecule has 1 atom stereocenters. The molecule has 24 heavy (non-hydrogen) atoms. The van der Waals surface area contributed by atoms with E-state index in [0.717, 1.165) is 16.3 Å². The van der Waals surface area contributed by atoms with Gasteiger partial charge in [-0.05, 0) is 28.5 Å². The number of nitrogens with one attached hydrogen (secondary N) is 1. The fraction of sp³-hybridized carbons (Fsp3) is 0.150. The minimum absolute atomic E-state index is 0.0771. The lowest BCUT2D eigenvalue weighted by molar-refractivity contribution is -0.123. The Hall–Kier alpha value is -2.85. The predicted octanol–water partition coefficient (Wildman–Crippen LogP) is 3.07. The van der Waals surface area contributed by atoms with Crippen LogP contribution in [0.3, 0.4) is 0 Å². The van der Waals surface area contributed by atoms with E-state index in [1.54, 1.807) is 12.1 Å². The van der Waals surface area contributed by atoms with Gasteiger partial charge in [-0.25, -0.2) is 0 Å². The Balaban J connectivity index is 1.56. The Morgan fingerprint density at radius 2 is 1.67 bits per heavy atom. The van der Waals surface area contributed by atoms with E-state index in [-0.39, 0.29) is 19.1 Å². The molecule has 0 aliphatic heterocycles. The summed E-state index contributed by atoms with van der Waals surface area (Å²) in [4.78, 5) is 11.9. The smallest absolute Gasteiger partial charge is 0.258 e. The first kappa shape index (κ1) is 16.0. The van der Waals surface area contributed by atoms with Gasteiger partial charge in [-0.15, -0.1) is 0 Å². The van der Waals surface area contributed by atoms with Crippen molar-refractivity contribution in [3.63, 3.8) is 0 Å². The summed E-state index contributed by atoms with van der Waals surface area (Å²) in [5, 5.41) is 15.2. The van der Waals surface area contributed by atoms with Gasteiger partial charge < -0.3 is 15.2 Å². The molecule has 0 saturated carbocycles. The van der Waals surface area contributed by atoms with Crippen LogP contribution >= 0.6 is 0 Å². The molecule has 4 heteroatoms. The SMILES string of the molecule is O=C(COc1ccccc1)NC[C@H](O)c1cccc2ccccc12. The van der Waals surface area contributed by atoms with E-state index in [0.29, 0.717) is 5.75 Å². The standard InChI is InChI=1S/C20H19NO3/c22-19(18-12-6-8-15-7-4-5-11-17(15)18)13-21-20(23)14-24-16-9-2-1-3-10-16/h1-12,19,22H,13-14H2,(H,21,23)/t19-/m0/s1. The van der Waals surface area contributed by atoms with E-state index in [1.807, 2.05) is 60.7 Å². The summed E-state index contributed by atoms with van der Waals surface area (Å²) in [6.07, 6.45) is -0.767. The first-order valence-corrected chi connectivity index (χ1v) is 7.84. The van der Waals surface area contributed by atoms with Crippen LogP contribution in [0.2, 0.25) is 0 Å². The number of ether oxygens (including phenoxy) is 1. The highest BCUT2D eigenvalue weighted by atomic mass is 16.5. The van der Waals surface area contributed by atoms with E-state index >= 15 is 0 Å². The van der Waals surface area contributed by atoms with E-state index in [4.69, 9.17) is 4.74 Å². The highest BCUT2D eigenvalue weighted by molar-refractivity contribution is 5.86. The zero-order valence-corrected chi connectivity index (χ0v) is 13.2. The zero-order valence-electron chi connectivity index (χ0n) is 13.2. The Kier molecular flexibility index (Phi) is 5.08. The molecule has 0 fully saturated rings. The van der Waals surface area contributed by atoms with Crippen molar-refractivity contribution < 1.29 is 14.6 Å². The molecule has 1 amide bonds. The number of hydrogen-bond acceptors (Lipinski definition) is 3. The molecule has 0 spiro atoms. The normalized spacial score (nSPS) is 11.9. The number of benzene rings is 3. The number of rotatable bonds is 6. The number of fused-ring (bicyclic) bond motifs is 1. The third-order valence-corrected chi connectivity index (χ3v) is 3.79. The van der Waals surface area contributed by atoms with Gasteiger partial charge in [0.05, 0.1) is 6.10 Å². The van der Waals surface area contributed by atoms with Gasteiger partial charge in [-0.1, -0.05) is 60.7 Å². The van der Waals surface area contributed by atoms with Gasteiger partial charge in [0.1, 0.15) is 5.75 Å². The molecular weight excluding hydrogens is 302 g/mol. The third kappa shape index (κ3) is 3.91. The van der Waals surface area contributed by atoms with Crippen LogP contribution in [0.1, 0.15) is 11.7 Å². The lowest BCUT2D eigenvalue weighted by Gasteiger charge is -2.15. The largest absolute Gasteiger partial charge is 0.484 e. The average Bonchev–Trinajstić information content (AvgIpc) is 2.64. The molecular formula is C20H19NO3. The van der Waals surface area contributed by atoms with E-state index < -0.39 is 6.10 Å². The minimum Gasteiger partial charge on any atom is -0.484 e. The molecule has 0 aliphatic rings. The van der Waals surface area contributed by atoms with Gasteiger partial charge in [0, 0.05) is 6.54 Å². The molecule has 0 aliphatic carbocycles. The van der Waals surface area contributed by atoms with E-state index in [9.17, 15) is 9.90 Å². The second-order valence-corrected chi connectivity index (χ2v) is 5.49. The van der Waals surface area contributed by atoms with Gasteiger partial charge in [-0.3, -0.25) is 4.79 Å². The minimum atomic E-state index is -0.767. The molecule has 0 aromatic heterocycles. The summed E-state index contributed by atoms with van der Waals surface area (Å²) in [5.41, 5.74) is 0.803. The molecule has 0 bridgehead atoms. The highest BCUT2D eigenvalue weighted by Crippen LogP contribution is 2.23. The molecule has 2 N–H and O–H groups in total. The number of carbonyl (C=O) groups excluding carboxylic acids is 1. The van der Waals surface area contributed by atoms with Crippen LogP contribution in [0, 0.1) is 0 Å². The lowest BCUT2D eigenvalue weighted by atomic mass is 10.0. The van der Waals surface area contributed by atoms with Gasteiger partial charge >= 0.3 is 0 Å². The summed E-state index contributed by atoms with van der Waals surface area (Å²) < 4.78 is 5.38. The maximum atomic E-state index is 11.9. The molecule has 0 saturated heterocycles. The summed E-state index contributed by atoms with van der Waals surface area (Å²) >= 11 is 0. The number of amides is 1. The van der Waals surface area contributed by atoms with Crippen LogP contribution in [0.15, 0.2) is 72.8 Å². The molecule has 3 aromatic carbocycles. The highest BCUT2D eigenvalue weighted by Gasteiger charge is 2.12. The molecule has 0 radical (unpaired) electrons. The maximum Gasteiger partial charge on any atom is 0.258 e. The van der Waals surface area contributed by atoms with Crippen molar-refractivity contribution in [3.8, 4) is 5.75 Å². The van der Waals surface area contributed by atoms with Crippen molar-refractivity contribution in [3.05, 3.63) is 78.4 Å². The summed E-state index contributed by atoms with van der Waals surface area (Å²) in [5.74, 6) is 0.375. The molecule has 4 nitrogen and oxygen atoms in total. The van der Waals surface area contributed by atoms with Crippen LogP contribution < -0.4 is 10.1 Å². The topological polar surface area (TPSA) is 58.6 Å². The molecule has 0 heterocycles. The Bertz CT molecular complexity index is 812. The van der Waals surface area contributed by atoms with Crippen molar-refractivity contribution in [1.82, 2.24) is 5.32 Å². The van der Waals surface area contributed by atoms with Crippen molar-refractivity contribution in [2.24, 2.45) is 0 Å². The number of aliphatic hydroxyl groups excluding tert-OH is 1. The zero-order chi connectivity index (χ0) is 16.8. The Morgan fingerprint density at radius 1 is 0.958 bits per heavy atom. The molecule has 3 rings (SSSR count). The number of para-hydroxylation sites is 1. The lowest BCUT2D eigenvalue weighted by Crippen LogP contribution is -2.32. The van der Waals surface area contributed by atoms with Gasteiger partial charge in [0.2, 0.25) is 0 Å². The maximum absolute atomic E-state index is 11.9. The third-order valence-electron chi connectivity index (χ3n) is 3.79. The van der Waals surface area contributed by atoms with Gasteiger partial charge in [-0.2, -0.15) is 0 Å². The quantitative estimate of drug-likeness (QED) is 0.733. The molecule has 3 aromatic rings. The number of carbonyl (C=O) groups is 1. The van der Waals surface area contributed by atoms with Crippen LogP contribution in [-0.2, 0) is 4.79 Å². The van der Waals surface area contributed by atoms with Gasteiger partial charge in [0.15, 0.2) is 6.61 Å². The van der Waals surface area contributed by atoms with Gasteiger partial charge in [0.25, 0.3) is 5.91 Å². The first-order chi connectivity index (χ1) is 11.7. The fourth-order valence-corrected chi connectivity index (χ4v) is 2.58. The number of aliphatic hydroxyl groups is 1. The average molecular weight is 321 g/mol. The van der Waals surface area contributed by atoms with Crippen LogP contribution in [0.5, 0.6) is 5.75 Å². The van der Waals surface area contributed by atoms with E-state index in [2.05, 4.69) is 5.32 Å². The van der Waals surface area contributed by atoms with Crippen LogP contribution in [0.25, 0.3) is 10.8 Å². The van der Waals surface area contributed by atoms with Crippen molar-refractivity contribution in [2.45, 2.75) is 6.10 Å². The summed E-state index contributed by atoms with van der Waals surface area (Å²) in [7, 11) is 0. The molecule has 122 valence electrons.